The normalized spacial score (nSPS) is 10.6. The van der Waals surface area contributed by atoms with Crippen LogP contribution in [0.5, 0.6) is 0 Å². The van der Waals surface area contributed by atoms with Crippen LogP contribution in [0.25, 0.3) is 0 Å². The van der Waals surface area contributed by atoms with Crippen molar-refractivity contribution in [3.05, 3.63) is 30.3 Å². The lowest BCUT2D eigenvalue weighted by atomic mass is 10.1. The van der Waals surface area contributed by atoms with Gasteiger partial charge < -0.3 is 11.3 Å². The molecule has 0 amide bonds. The zero-order valence-corrected chi connectivity index (χ0v) is 17.5. The van der Waals surface area contributed by atoms with Crippen molar-refractivity contribution in [2.24, 2.45) is 0 Å². The highest BCUT2D eigenvalue weighted by Gasteiger charge is 2.13. The van der Waals surface area contributed by atoms with E-state index in [1.54, 1.807) is 37.3 Å². The number of benzene rings is 1. The maximum Gasteiger partial charge on any atom is 0.296 e. The zero-order valence-electron chi connectivity index (χ0n) is 16.7. The van der Waals surface area contributed by atoms with Gasteiger partial charge in [-0.25, -0.2) is 0 Å². The highest BCUT2D eigenvalue weighted by Crippen LogP contribution is 2.13. The Balaban J connectivity index is 0. The molecule has 5 nitrogen and oxygen atoms in total. The van der Waals surface area contributed by atoms with E-state index in [0.717, 1.165) is 12.8 Å². The summed E-state index contributed by atoms with van der Waals surface area (Å²) >= 11 is 0. The Bertz CT molecular complexity index is 492. The minimum absolute atomic E-state index is 0. The molecule has 0 aromatic heterocycles. The fraction of sp³-hybridized carbons (Fsp3) is 0.700. The molecule has 0 spiro atoms. The summed E-state index contributed by atoms with van der Waals surface area (Å²) in [6, 6.07) is 8.33. The first-order chi connectivity index (χ1) is 12.1. The van der Waals surface area contributed by atoms with Crippen molar-refractivity contribution in [3.8, 4) is 0 Å². The van der Waals surface area contributed by atoms with Crippen LogP contribution in [0.2, 0.25) is 0 Å². The molecule has 0 saturated carbocycles. The standard InChI is InChI=1S/C18H30O3S.C2H6O.H3N/c1-2-3-4-5-6-7-8-9-10-14-17-21-22(19,20)18-15-12-11-13-16-18;1-2-3;/h11-13,15-16H,2-10,14,17H2,1H3;3H,2H2,1H3;1H3. The number of hydrogen-bond acceptors (Lipinski definition) is 5. The van der Waals surface area contributed by atoms with E-state index in [1.165, 1.54) is 51.4 Å². The second kappa shape index (κ2) is 18.8. The molecule has 0 heterocycles. The largest absolute Gasteiger partial charge is 0.397 e. The van der Waals surface area contributed by atoms with E-state index >= 15 is 0 Å². The lowest BCUT2D eigenvalue weighted by Gasteiger charge is -2.05. The fourth-order valence-electron chi connectivity index (χ4n) is 2.41. The molecule has 0 aliphatic carbocycles. The van der Waals surface area contributed by atoms with Crippen molar-refractivity contribution >= 4 is 10.1 Å². The van der Waals surface area contributed by atoms with Crippen molar-refractivity contribution < 1.29 is 17.7 Å². The Labute approximate surface area is 160 Å². The van der Waals surface area contributed by atoms with Crippen molar-refractivity contribution in [1.82, 2.24) is 6.15 Å². The van der Waals surface area contributed by atoms with Gasteiger partial charge in [-0.1, -0.05) is 82.9 Å². The molecule has 0 bridgehead atoms. The molecule has 1 aromatic rings. The molecule has 1 rings (SSSR count). The maximum atomic E-state index is 11.9. The summed E-state index contributed by atoms with van der Waals surface area (Å²) in [6.07, 6.45) is 12.3. The van der Waals surface area contributed by atoms with Crippen LogP contribution in [0.15, 0.2) is 35.2 Å². The smallest absolute Gasteiger partial charge is 0.296 e. The van der Waals surface area contributed by atoms with E-state index in [0.29, 0.717) is 0 Å². The highest BCUT2D eigenvalue weighted by molar-refractivity contribution is 7.86. The van der Waals surface area contributed by atoms with E-state index in [2.05, 4.69) is 6.92 Å². The van der Waals surface area contributed by atoms with Crippen molar-refractivity contribution in [2.45, 2.75) is 83.0 Å². The van der Waals surface area contributed by atoms with Crippen LogP contribution < -0.4 is 6.15 Å². The molecule has 154 valence electrons. The zero-order chi connectivity index (χ0) is 18.8. The third-order valence-corrected chi connectivity index (χ3v) is 5.09. The van der Waals surface area contributed by atoms with Gasteiger partial charge in [0.1, 0.15) is 0 Å². The molecule has 0 saturated heterocycles. The molecule has 4 N–H and O–H groups in total. The Morgan fingerprint density at radius 1 is 0.808 bits per heavy atom. The van der Waals surface area contributed by atoms with E-state index in [4.69, 9.17) is 9.29 Å². The average Bonchev–Trinajstić information content (AvgIpc) is 2.61. The van der Waals surface area contributed by atoms with Crippen molar-refractivity contribution in [1.29, 1.82) is 0 Å². The van der Waals surface area contributed by atoms with Crippen LogP contribution in [0.1, 0.15) is 78.1 Å². The van der Waals surface area contributed by atoms with Crippen LogP contribution in [0.3, 0.4) is 0 Å². The second-order valence-electron chi connectivity index (χ2n) is 6.09. The summed E-state index contributed by atoms with van der Waals surface area (Å²) in [5, 5.41) is 7.57. The first-order valence-electron chi connectivity index (χ1n) is 9.63. The minimum atomic E-state index is -3.57. The third-order valence-electron chi connectivity index (χ3n) is 3.77. The van der Waals surface area contributed by atoms with Crippen molar-refractivity contribution in [3.63, 3.8) is 0 Å². The number of unbranched alkanes of at least 4 members (excludes halogenated alkanes) is 9. The highest BCUT2D eigenvalue weighted by atomic mass is 32.2. The maximum absolute atomic E-state index is 11.9. The van der Waals surface area contributed by atoms with Gasteiger partial charge in [0.25, 0.3) is 10.1 Å². The summed E-state index contributed by atoms with van der Waals surface area (Å²) in [7, 11) is -3.57. The topological polar surface area (TPSA) is 98.6 Å². The molecule has 0 aliphatic rings. The van der Waals surface area contributed by atoms with Gasteiger partial charge in [-0.2, -0.15) is 8.42 Å². The minimum Gasteiger partial charge on any atom is -0.397 e. The fourth-order valence-corrected chi connectivity index (χ4v) is 3.38. The van der Waals surface area contributed by atoms with Gasteiger partial charge in [0.2, 0.25) is 0 Å². The average molecular weight is 390 g/mol. The van der Waals surface area contributed by atoms with Gasteiger partial charge in [-0.3, -0.25) is 4.18 Å². The predicted octanol–water partition coefficient (Wildman–Crippen LogP) is 5.47. The summed E-state index contributed by atoms with van der Waals surface area (Å²) in [6.45, 7) is 4.45. The SMILES string of the molecule is CCCCCCCCCCCCOS(=O)(=O)c1ccccc1.CCO.N. The molecule has 0 aliphatic heterocycles. The van der Waals surface area contributed by atoms with Crippen LogP contribution in [0, 0.1) is 0 Å². The van der Waals surface area contributed by atoms with E-state index < -0.39 is 10.1 Å². The second-order valence-corrected chi connectivity index (χ2v) is 7.70. The lowest BCUT2D eigenvalue weighted by molar-refractivity contribution is 0.306. The van der Waals surface area contributed by atoms with Crippen molar-refractivity contribution in [2.75, 3.05) is 13.2 Å². The monoisotopic (exact) mass is 389 g/mol. The number of aliphatic hydroxyl groups excluding tert-OH is 1. The Morgan fingerprint density at radius 3 is 1.69 bits per heavy atom. The number of hydrogen-bond donors (Lipinski definition) is 2. The summed E-state index contributed by atoms with van der Waals surface area (Å²) < 4.78 is 28.8. The third kappa shape index (κ3) is 15.3. The van der Waals surface area contributed by atoms with Crippen LogP contribution in [0.4, 0.5) is 0 Å². The molecule has 0 fully saturated rings. The first kappa shape index (κ1) is 27.3. The van der Waals surface area contributed by atoms with E-state index in [9.17, 15) is 8.42 Å². The molecule has 1 aromatic carbocycles. The number of rotatable bonds is 13. The van der Waals surface area contributed by atoms with Crippen LogP contribution in [-0.4, -0.2) is 26.7 Å². The molecule has 0 unspecified atom stereocenters. The van der Waals surface area contributed by atoms with Gasteiger partial charge >= 0.3 is 0 Å². The van der Waals surface area contributed by atoms with Gasteiger partial charge in [-0.05, 0) is 25.5 Å². The predicted molar refractivity (Wildman–Crippen MR) is 109 cm³/mol. The molecular formula is C20H39NO4S. The van der Waals surface area contributed by atoms with E-state index in [-0.39, 0.29) is 24.3 Å². The van der Waals surface area contributed by atoms with Gasteiger partial charge in [0, 0.05) is 6.61 Å². The molecule has 6 heteroatoms. The molecular weight excluding hydrogens is 350 g/mol. The molecule has 0 atom stereocenters. The van der Waals surface area contributed by atoms with E-state index in [1.807, 2.05) is 0 Å². The summed E-state index contributed by atoms with van der Waals surface area (Å²) in [5.74, 6) is 0. The lowest BCUT2D eigenvalue weighted by Crippen LogP contribution is -2.07. The van der Waals surface area contributed by atoms with Crippen LogP contribution in [-0.2, 0) is 14.3 Å². The summed E-state index contributed by atoms with van der Waals surface area (Å²) in [4.78, 5) is 0.238. The first-order valence-corrected chi connectivity index (χ1v) is 11.0. The summed E-state index contributed by atoms with van der Waals surface area (Å²) in [5.41, 5.74) is 0. The van der Waals surface area contributed by atoms with Gasteiger partial charge in [0.15, 0.2) is 0 Å². The Hall–Kier alpha value is -0.950. The quantitative estimate of drug-likeness (QED) is 0.344. The Morgan fingerprint density at radius 2 is 1.23 bits per heavy atom. The number of aliphatic hydroxyl groups is 1. The Kier molecular flexibility index (Phi) is 19.7. The molecule has 26 heavy (non-hydrogen) atoms. The van der Waals surface area contributed by atoms with Gasteiger partial charge in [0.05, 0.1) is 11.5 Å². The molecule has 0 radical (unpaired) electrons. The van der Waals surface area contributed by atoms with Crippen LogP contribution >= 0.6 is 0 Å². The van der Waals surface area contributed by atoms with Gasteiger partial charge in [-0.15, -0.1) is 0 Å².